The standard InChI is InChI=1S/C20H23N3O5S/c1-13-11-23(12-14(2)28-13)29(26,27)18-9-5-16(6-10-18)20(25)22-17-7-3-15(4-8-17)19(21)24/h3-10,13-14H,11-12H2,1-2H3,(H2,21,24)(H,22,25)/t13-,14-/m1/s1. The van der Waals surface area contributed by atoms with Crippen molar-refractivity contribution in [2.45, 2.75) is 31.0 Å². The van der Waals surface area contributed by atoms with Gasteiger partial charge in [0.2, 0.25) is 15.9 Å². The Labute approximate surface area is 169 Å². The molecule has 0 bridgehead atoms. The summed E-state index contributed by atoms with van der Waals surface area (Å²) in [5, 5.41) is 2.69. The molecule has 0 saturated carbocycles. The number of benzene rings is 2. The molecule has 2 atom stereocenters. The maximum Gasteiger partial charge on any atom is 0.255 e. The van der Waals surface area contributed by atoms with E-state index in [1.807, 2.05) is 13.8 Å². The fourth-order valence-electron chi connectivity index (χ4n) is 3.18. The third-order valence-corrected chi connectivity index (χ3v) is 6.41. The number of hydrogen-bond acceptors (Lipinski definition) is 5. The Morgan fingerprint density at radius 2 is 1.48 bits per heavy atom. The summed E-state index contributed by atoms with van der Waals surface area (Å²) in [5.41, 5.74) is 6.33. The van der Waals surface area contributed by atoms with Crippen LogP contribution in [0.15, 0.2) is 53.4 Å². The van der Waals surface area contributed by atoms with E-state index in [1.54, 1.807) is 12.1 Å². The van der Waals surface area contributed by atoms with Crippen LogP contribution in [0.1, 0.15) is 34.6 Å². The Balaban J connectivity index is 1.72. The lowest BCUT2D eigenvalue weighted by Crippen LogP contribution is -2.48. The highest BCUT2D eigenvalue weighted by atomic mass is 32.2. The topological polar surface area (TPSA) is 119 Å². The second-order valence-corrected chi connectivity index (χ2v) is 8.94. The van der Waals surface area contributed by atoms with Crippen molar-refractivity contribution < 1.29 is 22.7 Å². The predicted molar refractivity (Wildman–Crippen MR) is 108 cm³/mol. The maximum absolute atomic E-state index is 12.9. The molecule has 1 heterocycles. The van der Waals surface area contributed by atoms with E-state index in [2.05, 4.69) is 5.32 Å². The highest BCUT2D eigenvalue weighted by Gasteiger charge is 2.32. The molecule has 1 fully saturated rings. The van der Waals surface area contributed by atoms with Gasteiger partial charge in [-0.2, -0.15) is 4.31 Å². The number of amides is 2. The Bertz CT molecular complexity index is 993. The minimum Gasteiger partial charge on any atom is -0.373 e. The number of morpholine rings is 1. The molecule has 2 aromatic carbocycles. The summed E-state index contributed by atoms with van der Waals surface area (Å²) >= 11 is 0. The van der Waals surface area contributed by atoms with Crippen molar-refractivity contribution in [1.29, 1.82) is 0 Å². The summed E-state index contributed by atoms with van der Waals surface area (Å²) in [7, 11) is -3.66. The monoisotopic (exact) mass is 417 g/mol. The van der Waals surface area contributed by atoms with Crippen LogP contribution in [0.2, 0.25) is 0 Å². The van der Waals surface area contributed by atoms with E-state index >= 15 is 0 Å². The van der Waals surface area contributed by atoms with E-state index in [0.29, 0.717) is 16.8 Å². The number of sulfonamides is 1. The van der Waals surface area contributed by atoms with E-state index < -0.39 is 21.8 Å². The molecule has 0 spiro atoms. The van der Waals surface area contributed by atoms with Gasteiger partial charge in [-0.3, -0.25) is 9.59 Å². The van der Waals surface area contributed by atoms with Crippen LogP contribution >= 0.6 is 0 Å². The number of hydrogen-bond donors (Lipinski definition) is 2. The van der Waals surface area contributed by atoms with Crippen LogP contribution < -0.4 is 11.1 Å². The number of carbonyl (C=O) groups excluding carboxylic acids is 2. The molecule has 1 aliphatic heterocycles. The molecule has 0 aliphatic carbocycles. The zero-order valence-electron chi connectivity index (χ0n) is 16.2. The molecule has 2 aromatic rings. The Hall–Kier alpha value is -2.75. The summed E-state index contributed by atoms with van der Waals surface area (Å²) in [6.45, 7) is 4.25. The summed E-state index contributed by atoms with van der Waals surface area (Å²) in [6.07, 6.45) is -0.362. The van der Waals surface area contributed by atoms with E-state index in [9.17, 15) is 18.0 Å². The minimum absolute atomic E-state index is 0.126. The molecular formula is C20H23N3O5S. The van der Waals surface area contributed by atoms with Gasteiger partial charge in [-0.05, 0) is 62.4 Å². The third-order valence-electron chi connectivity index (χ3n) is 4.57. The van der Waals surface area contributed by atoms with E-state index in [-0.39, 0.29) is 30.2 Å². The molecule has 3 N–H and O–H groups in total. The zero-order chi connectivity index (χ0) is 21.2. The largest absolute Gasteiger partial charge is 0.373 e. The van der Waals surface area contributed by atoms with Gasteiger partial charge in [-0.1, -0.05) is 0 Å². The fraction of sp³-hybridized carbons (Fsp3) is 0.300. The molecule has 29 heavy (non-hydrogen) atoms. The van der Waals surface area contributed by atoms with Crippen molar-refractivity contribution in [1.82, 2.24) is 4.31 Å². The van der Waals surface area contributed by atoms with Crippen LogP contribution in [-0.4, -0.2) is 49.8 Å². The van der Waals surface area contributed by atoms with Crippen molar-refractivity contribution in [3.63, 3.8) is 0 Å². The lowest BCUT2D eigenvalue weighted by molar-refractivity contribution is -0.0440. The van der Waals surface area contributed by atoms with E-state index in [4.69, 9.17) is 10.5 Å². The van der Waals surface area contributed by atoms with Crippen LogP contribution in [0, 0.1) is 0 Å². The van der Waals surface area contributed by atoms with Gasteiger partial charge >= 0.3 is 0 Å². The quantitative estimate of drug-likeness (QED) is 0.769. The van der Waals surface area contributed by atoms with Gasteiger partial charge < -0.3 is 15.8 Å². The first-order chi connectivity index (χ1) is 13.7. The fourth-order valence-corrected chi connectivity index (χ4v) is 4.77. The Morgan fingerprint density at radius 1 is 0.966 bits per heavy atom. The second-order valence-electron chi connectivity index (χ2n) is 7.00. The van der Waals surface area contributed by atoms with Crippen molar-refractivity contribution in [3.8, 4) is 0 Å². The van der Waals surface area contributed by atoms with Crippen LogP contribution in [0.25, 0.3) is 0 Å². The molecule has 3 rings (SSSR count). The highest BCUT2D eigenvalue weighted by Crippen LogP contribution is 2.22. The van der Waals surface area contributed by atoms with Gasteiger partial charge in [0.25, 0.3) is 5.91 Å². The van der Waals surface area contributed by atoms with E-state index in [0.717, 1.165) is 0 Å². The zero-order valence-corrected chi connectivity index (χ0v) is 17.0. The second kappa shape index (κ2) is 8.32. The molecule has 2 amide bonds. The molecule has 9 heteroatoms. The van der Waals surface area contributed by atoms with Crippen LogP contribution in [-0.2, 0) is 14.8 Å². The van der Waals surface area contributed by atoms with Crippen molar-refractivity contribution >= 4 is 27.5 Å². The summed E-state index contributed by atoms with van der Waals surface area (Å²) in [6, 6.07) is 11.9. The number of nitrogens with zero attached hydrogens (tertiary/aromatic N) is 1. The molecule has 0 aromatic heterocycles. The van der Waals surface area contributed by atoms with E-state index in [1.165, 1.54) is 40.7 Å². The summed E-state index contributed by atoms with van der Waals surface area (Å²) in [4.78, 5) is 23.6. The maximum atomic E-state index is 12.9. The third kappa shape index (κ3) is 4.81. The van der Waals surface area contributed by atoms with Crippen molar-refractivity contribution in [3.05, 3.63) is 59.7 Å². The van der Waals surface area contributed by atoms with Gasteiger partial charge in [0.15, 0.2) is 0 Å². The van der Waals surface area contributed by atoms with Crippen LogP contribution in [0.3, 0.4) is 0 Å². The molecule has 1 aliphatic rings. The average molecular weight is 417 g/mol. The van der Waals surface area contributed by atoms with Gasteiger partial charge in [-0.25, -0.2) is 8.42 Å². The van der Waals surface area contributed by atoms with Gasteiger partial charge in [0.05, 0.1) is 17.1 Å². The van der Waals surface area contributed by atoms with Crippen molar-refractivity contribution in [2.24, 2.45) is 5.73 Å². The number of nitrogens with two attached hydrogens (primary N) is 1. The minimum atomic E-state index is -3.66. The first-order valence-corrected chi connectivity index (χ1v) is 10.6. The SMILES string of the molecule is C[C@@H]1CN(S(=O)(=O)c2ccc(C(=O)Nc3ccc(C(N)=O)cc3)cc2)C[C@@H](C)O1. The lowest BCUT2D eigenvalue weighted by atomic mass is 10.2. The average Bonchev–Trinajstić information content (AvgIpc) is 2.67. The van der Waals surface area contributed by atoms with Gasteiger partial charge in [-0.15, -0.1) is 0 Å². The number of ether oxygens (including phenoxy) is 1. The number of nitrogens with one attached hydrogen (secondary N) is 1. The number of rotatable bonds is 5. The van der Waals surface area contributed by atoms with Gasteiger partial charge in [0, 0.05) is 29.9 Å². The molecule has 0 unspecified atom stereocenters. The normalized spacial score (nSPS) is 20.2. The molecule has 1 saturated heterocycles. The predicted octanol–water partition coefficient (Wildman–Crippen LogP) is 1.84. The molecule has 154 valence electrons. The smallest absolute Gasteiger partial charge is 0.255 e. The number of anilines is 1. The van der Waals surface area contributed by atoms with Crippen LogP contribution in [0.4, 0.5) is 5.69 Å². The lowest BCUT2D eigenvalue weighted by Gasteiger charge is -2.34. The molecule has 8 nitrogen and oxygen atoms in total. The Morgan fingerprint density at radius 3 is 2.00 bits per heavy atom. The number of primary amides is 1. The van der Waals surface area contributed by atoms with Crippen LogP contribution in [0.5, 0.6) is 0 Å². The van der Waals surface area contributed by atoms with Crippen molar-refractivity contribution in [2.75, 3.05) is 18.4 Å². The first kappa shape index (κ1) is 21.0. The summed E-state index contributed by atoms with van der Waals surface area (Å²) < 4.78 is 32.7. The molecule has 0 radical (unpaired) electrons. The Kier molecular flexibility index (Phi) is 6.02. The van der Waals surface area contributed by atoms with Gasteiger partial charge in [0.1, 0.15) is 0 Å². The number of carbonyl (C=O) groups is 2. The highest BCUT2D eigenvalue weighted by molar-refractivity contribution is 7.89. The summed E-state index contributed by atoms with van der Waals surface area (Å²) in [5.74, 6) is -0.946. The first-order valence-electron chi connectivity index (χ1n) is 9.13. The molecular weight excluding hydrogens is 394 g/mol.